The Morgan fingerprint density at radius 1 is 1.02 bits per heavy atom. The molecule has 5 N–H and O–H groups in total. The zero-order valence-corrected chi connectivity index (χ0v) is 27.3. The number of carbonyl (C=O) groups is 3. The number of piperidine rings is 1. The van der Waals surface area contributed by atoms with Crippen LogP contribution in [0.3, 0.4) is 0 Å². The summed E-state index contributed by atoms with van der Waals surface area (Å²) < 4.78 is 0. The van der Waals surface area contributed by atoms with Crippen molar-refractivity contribution >= 4 is 17.7 Å². The van der Waals surface area contributed by atoms with Gasteiger partial charge >= 0.3 is 0 Å². The van der Waals surface area contributed by atoms with Crippen LogP contribution in [0.5, 0.6) is 0 Å². The first kappa shape index (κ1) is 36.7. The van der Waals surface area contributed by atoms with E-state index in [9.17, 15) is 19.5 Å². The van der Waals surface area contributed by atoms with Crippen molar-refractivity contribution in [2.24, 2.45) is 17.8 Å². The number of amides is 3. The molecule has 1 saturated carbocycles. The molecule has 244 valence electrons. The van der Waals surface area contributed by atoms with Gasteiger partial charge in [0, 0.05) is 24.5 Å². The van der Waals surface area contributed by atoms with Gasteiger partial charge in [0.05, 0.1) is 30.8 Å². The Morgan fingerprint density at radius 3 is 2.19 bits per heavy atom. The highest BCUT2D eigenvalue weighted by molar-refractivity contribution is 5.85. The van der Waals surface area contributed by atoms with E-state index in [2.05, 4.69) is 25.7 Å². The Hall–Kier alpha value is -2.53. The second-order valence-electron chi connectivity index (χ2n) is 13.7. The molecule has 1 aromatic carbocycles. The van der Waals surface area contributed by atoms with Crippen molar-refractivity contribution in [3.63, 3.8) is 0 Å². The molecule has 10 nitrogen and oxygen atoms in total. The van der Waals surface area contributed by atoms with Crippen LogP contribution in [0.15, 0.2) is 30.3 Å². The van der Waals surface area contributed by atoms with E-state index in [1.807, 2.05) is 51.1 Å². The van der Waals surface area contributed by atoms with Gasteiger partial charge in [0.25, 0.3) is 0 Å². The Labute approximate surface area is 258 Å². The molecule has 43 heavy (non-hydrogen) atoms. The number of aliphatic hydroxyl groups is 1. The molecule has 0 spiro atoms. The average Bonchev–Trinajstić information content (AvgIpc) is 2.95. The molecule has 0 radical (unpaired) electrons. The Balaban J connectivity index is 0.00000119. The molecule has 2 aliphatic rings. The molecule has 0 aromatic heterocycles. The second-order valence-corrected chi connectivity index (χ2v) is 13.7. The first-order chi connectivity index (χ1) is 20.2. The van der Waals surface area contributed by atoms with Crippen LogP contribution >= 0.6 is 0 Å². The molecule has 3 amide bonds. The maximum Gasteiger partial charge on any atom is 0.239 e. The van der Waals surface area contributed by atoms with Gasteiger partial charge in [0.2, 0.25) is 17.7 Å². The maximum absolute atomic E-state index is 13.4. The van der Waals surface area contributed by atoms with Crippen LogP contribution < -0.4 is 16.0 Å². The van der Waals surface area contributed by atoms with Crippen molar-refractivity contribution in [1.82, 2.24) is 20.9 Å². The molecule has 1 aromatic rings. The average molecular weight is 605 g/mol. The Bertz CT molecular complexity index is 997. The summed E-state index contributed by atoms with van der Waals surface area (Å²) >= 11 is 0. The molecule has 1 aliphatic carbocycles. The van der Waals surface area contributed by atoms with Crippen molar-refractivity contribution < 1.29 is 29.6 Å². The lowest BCUT2D eigenvalue weighted by Crippen LogP contribution is -2.60. The number of likely N-dealkylation sites (tertiary alicyclic amines) is 1. The highest BCUT2D eigenvalue weighted by atomic mass is 17.1. The second kappa shape index (κ2) is 17.7. The number of hydrogen-bond acceptors (Lipinski definition) is 7. The largest absolute Gasteiger partial charge is 0.390 e. The molecule has 5 atom stereocenters. The number of aliphatic hydroxyl groups excluding tert-OH is 1. The summed E-state index contributed by atoms with van der Waals surface area (Å²) in [6, 6.07) is 8.88. The molecule has 0 bridgehead atoms. The number of β-amino-alcohol motifs (C(OH)–C–C–N with tert-alkyl or cyclic N) is 1. The van der Waals surface area contributed by atoms with E-state index < -0.39 is 12.1 Å². The lowest BCUT2D eigenvalue weighted by Gasteiger charge is -2.47. The monoisotopic (exact) mass is 604 g/mol. The highest BCUT2D eigenvalue weighted by Crippen LogP contribution is 2.39. The van der Waals surface area contributed by atoms with E-state index in [1.165, 1.54) is 12.8 Å². The predicted octanol–water partition coefficient (Wildman–Crippen LogP) is 3.53. The SMILES string of the molecule is CC(C)C(=O)NCC(=O)NC(Cc1ccccc1)C(O)CN1CC2CCCCC2CC1C(=O)NC(C)(C)C.CC(C)OO. The minimum Gasteiger partial charge on any atom is -0.390 e. The molecular formula is C33H56N4O6. The van der Waals surface area contributed by atoms with Crippen LogP contribution in [-0.4, -0.2) is 82.5 Å². The fraction of sp³-hybridized carbons (Fsp3) is 0.727. The summed E-state index contributed by atoms with van der Waals surface area (Å²) in [7, 11) is 0. The standard InChI is InChI=1S/C30H48N4O4.C3H8O2/c1-20(2)28(37)31-17-27(36)32-24(15-21-11-7-6-8-12-21)26(35)19-34-18-23-14-10-9-13-22(23)16-25(34)29(38)33-30(3,4)5;1-3(2)5-4/h6-8,11-12,20,22-26,35H,9-10,13-19H2,1-5H3,(H,31,37)(H,32,36)(H,33,38);3-4H,1-2H3. The number of carbonyl (C=O) groups excluding carboxylic acids is 3. The van der Waals surface area contributed by atoms with Gasteiger partial charge in [-0.3, -0.25) is 24.5 Å². The van der Waals surface area contributed by atoms with Gasteiger partial charge < -0.3 is 21.1 Å². The summed E-state index contributed by atoms with van der Waals surface area (Å²) in [4.78, 5) is 44.0. The third-order valence-corrected chi connectivity index (χ3v) is 7.99. The number of hydrogen-bond donors (Lipinski definition) is 5. The zero-order chi connectivity index (χ0) is 32.2. The van der Waals surface area contributed by atoms with E-state index in [0.29, 0.717) is 24.8 Å². The Kier molecular flexibility index (Phi) is 15.1. The molecule has 10 heteroatoms. The summed E-state index contributed by atoms with van der Waals surface area (Å²) in [5.74, 6) is 0.330. The molecule has 3 rings (SSSR count). The topological polar surface area (TPSA) is 140 Å². The van der Waals surface area contributed by atoms with Crippen molar-refractivity contribution in [2.45, 2.75) is 117 Å². The summed E-state index contributed by atoms with van der Waals surface area (Å²) in [6.07, 6.45) is 5.06. The minimum atomic E-state index is -0.884. The molecule has 1 saturated heterocycles. The lowest BCUT2D eigenvalue weighted by molar-refractivity contribution is -0.269. The molecular weight excluding hydrogens is 548 g/mol. The number of fused-ring (bicyclic) bond motifs is 1. The van der Waals surface area contributed by atoms with Gasteiger partial charge in [0.1, 0.15) is 0 Å². The maximum atomic E-state index is 13.4. The van der Waals surface area contributed by atoms with Gasteiger partial charge in [-0.1, -0.05) is 63.4 Å². The van der Waals surface area contributed by atoms with Crippen LogP contribution in [-0.2, 0) is 25.7 Å². The van der Waals surface area contributed by atoms with Gasteiger partial charge in [-0.25, -0.2) is 4.89 Å². The number of nitrogens with zero attached hydrogens (tertiary/aromatic N) is 1. The first-order valence-corrected chi connectivity index (χ1v) is 15.9. The van der Waals surface area contributed by atoms with E-state index in [1.54, 1.807) is 27.7 Å². The van der Waals surface area contributed by atoms with Crippen molar-refractivity contribution in [3.8, 4) is 0 Å². The van der Waals surface area contributed by atoms with Crippen LogP contribution in [0.1, 0.15) is 86.1 Å². The van der Waals surface area contributed by atoms with Crippen LogP contribution in [0.2, 0.25) is 0 Å². The lowest BCUT2D eigenvalue weighted by atomic mass is 9.72. The summed E-state index contributed by atoms with van der Waals surface area (Å²) in [5, 5.41) is 27.9. The van der Waals surface area contributed by atoms with Crippen molar-refractivity contribution in [1.29, 1.82) is 0 Å². The smallest absolute Gasteiger partial charge is 0.239 e. The van der Waals surface area contributed by atoms with Gasteiger partial charge in [-0.2, -0.15) is 0 Å². The van der Waals surface area contributed by atoms with Gasteiger partial charge in [-0.05, 0) is 71.3 Å². The van der Waals surface area contributed by atoms with Crippen LogP contribution in [0, 0.1) is 17.8 Å². The normalized spacial score (nSPS) is 22.1. The molecule has 5 unspecified atom stereocenters. The zero-order valence-electron chi connectivity index (χ0n) is 27.3. The number of benzene rings is 1. The molecule has 1 aliphatic heterocycles. The van der Waals surface area contributed by atoms with E-state index in [4.69, 9.17) is 5.26 Å². The Morgan fingerprint density at radius 2 is 1.63 bits per heavy atom. The van der Waals surface area contributed by atoms with Crippen LogP contribution in [0.4, 0.5) is 0 Å². The summed E-state index contributed by atoms with van der Waals surface area (Å²) in [6.45, 7) is 13.9. The van der Waals surface area contributed by atoms with E-state index in [0.717, 1.165) is 31.4 Å². The number of nitrogens with one attached hydrogen (secondary N) is 3. The van der Waals surface area contributed by atoms with E-state index >= 15 is 0 Å². The summed E-state index contributed by atoms with van der Waals surface area (Å²) in [5.41, 5.74) is 0.658. The van der Waals surface area contributed by atoms with Crippen molar-refractivity contribution in [2.75, 3.05) is 19.6 Å². The molecule has 2 fully saturated rings. The quantitative estimate of drug-likeness (QED) is 0.192. The fourth-order valence-electron chi connectivity index (χ4n) is 5.78. The minimum absolute atomic E-state index is 0.00812. The van der Waals surface area contributed by atoms with Gasteiger partial charge in [0.15, 0.2) is 0 Å². The van der Waals surface area contributed by atoms with E-state index in [-0.39, 0.29) is 47.9 Å². The molecule has 1 heterocycles. The first-order valence-electron chi connectivity index (χ1n) is 15.9. The number of rotatable bonds is 11. The van der Waals surface area contributed by atoms with Crippen molar-refractivity contribution in [3.05, 3.63) is 35.9 Å². The highest BCUT2D eigenvalue weighted by Gasteiger charge is 2.41. The van der Waals surface area contributed by atoms with Gasteiger partial charge in [-0.15, -0.1) is 0 Å². The third kappa shape index (κ3) is 13.3. The third-order valence-electron chi connectivity index (χ3n) is 7.99. The van der Waals surface area contributed by atoms with Crippen LogP contribution in [0.25, 0.3) is 0 Å². The fourth-order valence-corrected chi connectivity index (χ4v) is 5.78. The predicted molar refractivity (Wildman–Crippen MR) is 168 cm³/mol.